The van der Waals surface area contributed by atoms with Gasteiger partial charge in [0.25, 0.3) is 0 Å². The van der Waals surface area contributed by atoms with Crippen molar-refractivity contribution in [1.29, 1.82) is 0 Å². The van der Waals surface area contributed by atoms with Crippen molar-refractivity contribution in [3.8, 4) is 0 Å². The molecule has 2 rings (SSSR count). The highest BCUT2D eigenvalue weighted by molar-refractivity contribution is 7.92. The number of rotatable bonds is 12. The van der Waals surface area contributed by atoms with Gasteiger partial charge in [-0.05, 0) is 49.9 Å². The lowest BCUT2D eigenvalue weighted by Crippen LogP contribution is -2.54. The van der Waals surface area contributed by atoms with Crippen molar-refractivity contribution in [3.63, 3.8) is 0 Å². The van der Waals surface area contributed by atoms with Crippen LogP contribution in [-0.4, -0.2) is 56.6 Å². The molecule has 0 bridgehead atoms. The average Bonchev–Trinajstić information content (AvgIpc) is 2.78. The van der Waals surface area contributed by atoms with Crippen LogP contribution in [0.1, 0.15) is 39.2 Å². The summed E-state index contributed by atoms with van der Waals surface area (Å²) >= 11 is 12.2. The van der Waals surface area contributed by atoms with Gasteiger partial charge in [-0.15, -0.1) is 0 Å². The molecular formula is C25H33Cl2N3O4S. The molecule has 7 nitrogen and oxygen atoms in total. The van der Waals surface area contributed by atoms with Gasteiger partial charge in [0.15, 0.2) is 0 Å². The van der Waals surface area contributed by atoms with E-state index in [9.17, 15) is 18.0 Å². The lowest BCUT2D eigenvalue weighted by molar-refractivity contribution is -0.139. The van der Waals surface area contributed by atoms with Gasteiger partial charge in [0, 0.05) is 22.6 Å². The fourth-order valence-corrected chi connectivity index (χ4v) is 4.98. The maximum absolute atomic E-state index is 13.6. The third kappa shape index (κ3) is 8.70. The van der Waals surface area contributed by atoms with Crippen molar-refractivity contribution < 1.29 is 18.0 Å². The first-order valence-corrected chi connectivity index (χ1v) is 14.1. The van der Waals surface area contributed by atoms with E-state index in [1.165, 1.54) is 23.1 Å². The van der Waals surface area contributed by atoms with Gasteiger partial charge in [-0.25, -0.2) is 8.42 Å². The zero-order valence-electron chi connectivity index (χ0n) is 20.5. The standard InChI is InChI=1S/C25H33Cl2N3O4S/c1-5-18(3)28-25(32)23(6-2)29(13-12-19-10-8-7-9-11-19)24(31)17-30(35(4,33)34)22-15-20(26)14-21(27)16-22/h7-11,14-16,18,23H,5-6,12-13,17H2,1-4H3,(H,28,32)/t18-,23+/m1/s1. The molecule has 35 heavy (non-hydrogen) atoms. The minimum atomic E-state index is -3.85. The van der Waals surface area contributed by atoms with Crippen LogP contribution in [0.4, 0.5) is 5.69 Å². The molecule has 0 saturated heterocycles. The quantitative estimate of drug-likeness (QED) is 0.427. The molecule has 0 aliphatic rings. The molecule has 2 atom stereocenters. The summed E-state index contributed by atoms with van der Waals surface area (Å²) in [6, 6.07) is 13.2. The van der Waals surface area contributed by atoms with Gasteiger partial charge in [-0.2, -0.15) is 0 Å². The molecule has 2 aromatic rings. The summed E-state index contributed by atoms with van der Waals surface area (Å²) in [6.07, 6.45) is 2.65. The van der Waals surface area contributed by atoms with Gasteiger partial charge < -0.3 is 10.2 Å². The second kappa shape index (κ2) is 13.1. The number of carbonyl (C=O) groups is 2. The van der Waals surface area contributed by atoms with Crippen LogP contribution in [0.15, 0.2) is 48.5 Å². The Morgan fingerprint density at radius 2 is 1.60 bits per heavy atom. The van der Waals surface area contributed by atoms with Crippen molar-refractivity contribution in [1.82, 2.24) is 10.2 Å². The van der Waals surface area contributed by atoms with Crippen molar-refractivity contribution in [3.05, 3.63) is 64.1 Å². The topological polar surface area (TPSA) is 86.8 Å². The molecule has 1 N–H and O–H groups in total. The number of benzene rings is 2. The molecule has 0 unspecified atom stereocenters. The van der Waals surface area contributed by atoms with E-state index in [2.05, 4.69) is 5.32 Å². The van der Waals surface area contributed by atoms with Gasteiger partial charge in [0.05, 0.1) is 11.9 Å². The molecule has 0 heterocycles. The Morgan fingerprint density at radius 1 is 1.00 bits per heavy atom. The third-order valence-corrected chi connectivity index (χ3v) is 7.26. The molecule has 2 aromatic carbocycles. The highest BCUT2D eigenvalue weighted by Crippen LogP contribution is 2.27. The second-order valence-corrected chi connectivity index (χ2v) is 11.2. The molecule has 2 amide bonds. The summed E-state index contributed by atoms with van der Waals surface area (Å²) in [6.45, 7) is 5.45. The molecule has 192 valence electrons. The van der Waals surface area contributed by atoms with Gasteiger partial charge >= 0.3 is 0 Å². The molecule has 0 aliphatic heterocycles. The molecule has 10 heteroatoms. The van der Waals surface area contributed by atoms with Crippen LogP contribution in [0.3, 0.4) is 0 Å². The van der Waals surface area contributed by atoms with E-state index in [0.717, 1.165) is 22.5 Å². The maximum atomic E-state index is 13.6. The van der Waals surface area contributed by atoms with E-state index in [4.69, 9.17) is 23.2 Å². The lowest BCUT2D eigenvalue weighted by Gasteiger charge is -2.33. The van der Waals surface area contributed by atoms with E-state index in [1.807, 2.05) is 51.1 Å². The normalized spacial score (nSPS) is 13.1. The van der Waals surface area contributed by atoms with Crippen LogP contribution in [-0.2, 0) is 26.0 Å². The summed E-state index contributed by atoms with van der Waals surface area (Å²) in [5.74, 6) is -0.756. The van der Waals surface area contributed by atoms with Crippen LogP contribution < -0.4 is 9.62 Å². The molecule has 0 fully saturated rings. The van der Waals surface area contributed by atoms with Crippen LogP contribution in [0.5, 0.6) is 0 Å². The van der Waals surface area contributed by atoms with Crippen molar-refractivity contribution >= 4 is 50.7 Å². The number of nitrogens with zero attached hydrogens (tertiary/aromatic N) is 2. The molecule has 0 aliphatic carbocycles. The van der Waals surface area contributed by atoms with Crippen molar-refractivity contribution in [2.24, 2.45) is 0 Å². The SMILES string of the molecule is CC[C@@H](C)NC(=O)[C@H](CC)N(CCc1ccccc1)C(=O)CN(c1cc(Cl)cc(Cl)c1)S(C)(=O)=O. The first-order chi connectivity index (χ1) is 16.5. The Kier molecular flexibility index (Phi) is 10.9. The van der Waals surface area contributed by atoms with Crippen molar-refractivity contribution in [2.75, 3.05) is 23.7 Å². The zero-order valence-corrected chi connectivity index (χ0v) is 22.8. The molecule has 0 spiro atoms. The maximum Gasteiger partial charge on any atom is 0.244 e. The predicted molar refractivity (Wildman–Crippen MR) is 142 cm³/mol. The number of halogens is 2. The summed E-state index contributed by atoms with van der Waals surface area (Å²) in [5.41, 5.74) is 1.18. The Bertz CT molecular complexity index is 1090. The highest BCUT2D eigenvalue weighted by atomic mass is 35.5. The van der Waals surface area contributed by atoms with E-state index in [-0.39, 0.29) is 34.2 Å². The minimum absolute atomic E-state index is 0.0521. The third-order valence-electron chi connectivity index (χ3n) is 5.69. The van der Waals surface area contributed by atoms with Crippen LogP contribution in [0.25, 0.3) is 0 Å². The average molecular weight is 543 g/mol. The second-order valence-electron chi connectivity index (χ2n) is 8.46. The predicted octanol–water partition coefficient (Wildman–Crippen LogP) is 4.52. The summed E-state index contributed by atoms with van der Waals surface area (Å²) in [4.78, 5) is 28.1. The number of nitrogens with one attached hydrogen (secondary N) is 1. The van der Waals surface area contributed by atoms with Crippen molar-refractivity contribution in [2.45, 2.75) is 52.1 Å². The van der Waals surface area contributed by atoms with E-state index < -0.39 is 28.5 Å². The van der Waals surface area contributed by atoms with Gasteiger partial charge in [-0.3, -0.25) is 13.9 Å². The van der Waals surface area contributed by atoms with E-state index in [1.54, 1.807) is 0 Å². The Labute approximate surface area is 218 Å². The molecular weight excluding hydrogens is 509 g/mol. The Hall–Kier alpha value is -2.29. The molecule has 0 radical (unpaired) electrons. The van der Waals surface area contributed by atoms with Gasteiger partial charge in [0.1, 0.15) is 12.6 Å². The first kappa shape index (κ1) is 28.9. The highest BCUT2D eigenvalue weighted by Gasteiger charge is 2.32. The minimum Gasteiger partial charge on any atom is -0.352 e. The number of hydrogen-bond donors (Lipinski definition) is 1. The monoisotopic (exact) mass is 541 g/mol. The van der Waals surface area contributed by atoms with Crippen LogP contribution in [0, 0.1) is 0 Å². The van der Waals surface area contributed by atoms with Crippen LogP contribution >= 0.6 is 23.2 Å². The van der Waals surface area contributed by atoms with Gasteiger partial charge in [-0.1, -0.05) is 67.4 Å². The molecule has 0 saturated carbocycles. The number of anilines is 1. The Morgan fingerprint density at radius 3 is 2.11 bits per heavy atom. The van der Waals surface area contributed by atoms with Gasteiger partial charge in [0.2, 0.25) is 21.8 Å². The first-order valence-electron chi connectivity index (χ1n) is 11.5. The summed E-state index contributed by atoms with van der Waals surface area (Å²) < 4.78 is 26.2. The summed E-state index contributed by atoms with van der Waals surface area (Å²) in [7, 11) is -3.85. The number of carbonyl (C=O) groups excluding carboxylic acids is 2. The lowest BCUT2D eigenvalue weighted by atomic mass is 10.1. The zero-order chi connectivity index (χ0) is 26.2. The van der Waals surface area contributed by atoms with E-state index >= 15 is 0 Å². The van der Waals surface area contributed by atoms with Crippen LogP contribution in [0.2, 0.25) is 10.0 Å². The fraction of sp³-hybridized carbons (Fsp3) is 0.440. The Balaban J connectivity index is 2.39. The fourth-order valence-electron chi connectivity index (χ4n) is 3.63. The summed E-state index contributed by atoms with van der Waals surface area (Å²) in [5, 5.41) is 3.43. The van der Waals surface area contributed by atoms with E-state index in [0.29, 0.717) is 12.8 Å². The largest absolute Gasteiger partial charge is 0.352 e. The molecule has 0 aromatic heterocycles. The smallest absolute Gasteiger partial charge is 0.244 e. The number of amides is 2. The number of hydrogen-bond acceptors (Lipinski definition) is 4. The number of sulfonamides is 1.